The van der Waals surface area contributed by atoms with Crippen molar-refractivity contribution >= 4 is 11.4 Å². The standard InChI is InChI=1S/C23H25N/c1-19(2)23(3,20-13-7-4-8-14-20)24(21-15-9-5-10-16-21)22-17-11-6-12-18-22/h4-19H,1-3H3. The van der Waals surface area contributed by atoms with Crippen LogP contribution < -0.4 is 4.90 Å². The lowest BCUT2D eigenvalue weighted by Crippen LogP contribution is -2.45. The topological polar surface area (TPSA) is 3.24 Å². The third-order valence-corrected chi connectivity index (χ3v) is 4.98. The molecule has 0 saturated carbocycles. The molecule has 0 heterocycles. The van der Waals surface area contributed by atoms with Crippen molar-refractivity contribution < 1.29 is 0 Å². The van der Waals surface area contributed by atoms with E-state index in [1.54, 1.807) is 0 Å². The summed E-state index contributed by atoms with van der Waals surface area (Å²) in [6.07, 6.45) is 0. The second-order valence-corrected chi connectivity index (χ2v) is 6.67. The molecule has 1 heteroatoms. The van der Waals surface area contributed by atoms with Crippen molar-refractivity contribution in [3.63, 3.8) is 0 Å². The van der Waals surface area contributed by atoms with E-state index in [4.69, 9.17) is 0 Å². The summed E-state index contributed by atoms with van der Waals surface area (Å²) in [6, 6.07) is 32.2. The van der Waals surface area contributed by atoms with Crippen LogP contribution in [0.3, 0.4) is 0 Å². The van der Waals surface area contributed by atoms with E-state index in [0.717, 1.165) is 0 Å². The van der Waals surface area contributed by atoms with Crippen molar-refractivity contribution in [2.24, 2.45) is 5.92 Å². The van der Waals surface area contributed by atoms with Gasteiger partial charge in [0, 0.05) is 11.4 Å². The molecule has 122 valence electrons. The van der Waals surface area contributed by atoms with Gasteiger partial charge in [-0.15, -0.1) is 0 Å². The zero-order chi connectivity index (χ0) is 17.0. The highest BCUT2D eigenvalue weighted by molar-refractivity contribution is 5.66. The van der Waals surface area contributed by atoms with Crippen molar-refractivity contribution in [1.82, 2.24) is 0 Å². The Hall–Kier alpha value is -2.54. The minimum absolute atomic E-state index is 0.149. The van der Waals surface area contributed by atoms with Crippen LogP contribution in [-0.2, 0) is 5.54 Å². The lowest BCUT2D eigenvalue weighted by Gasteiger charge is -2.46. The fourth-order valence-corrected chi connectivity index (χ4v) is 3.34. The van der Waals surface area contributed by atoms with E-state index in [2.05, 4.69) is 117 Å². The Bertz CT molecular complexity index is 710. The molecular weight excluding hydrogens is 290 g/mol. The molecule has 0 amide bonds. The lowest BCUT2D eigenvalue weighted by atomic mass is 9.79. The van der Waals surface area contributed by atoms with Crippen LogP contribution in [0.4, 0.5) is 11.4 Å². The number of nitrogens with zero attached hydrogens (tertiary/aromatic N) is 1. The molecule has 1 atom stereocenters. The average molecular weight is 315 g/mol. The molecule has 24 heavy (non-hydrogen) atoms. The average Bonchev–Trinajstić information content (AvgIpc) is 2.64. The lowest BCUT2D eigenvalue weighted by molar-refractivity contribution is 0.344. The minimum atomic E-state index is -0.149. The van der Waals surface area contributed by atoms with E-state index in [0.29, 0.717) is 5.92 Å². The summed E-state index contributed by atoms with van der Waals surface area (Å²) in [6.45, 7) is 6.94. The zero-order valence-corrected chi connectivity index (χ0v) is 14.7. The Morgan fingerprint density at radius 2 is 1.00 bits per heavy atom. The maximum absolute atomic E-state index is 2.47. The van der Waals surface area contributed by atoms with Crippen molar-refractivity contribution in [1.29, 1.82) is 0 Å². The Kier molecular flexibility index (Phi) is 4.71. The Morgan fingerprint density at radius 3 is 1.38 bits per heavy atom. The molecule has 3 aromatic rings. The van der Waals surface area contributed by atoms with E-state index in [1.807, 2.05) is 0 Å². The van der Waals surface area contributed by atoms with Crippen LogP contribution in [0.2, 0.25) is 0 Å². The molecule has 0 aromatic heterocycles. The van der Waals surface area contributed by atoms with Gasteiger partial charge >= 0.3 is 0 Å². The predicted octanol–water partition coefficient (Wildman–Crippen LogP) is 6.40. The Balaban J connectivity index is 2.23. The van der Waals surface area contributed by atoms with Gasteiger partial charge in [0.25, 0.3) is 0 Å². The van der Waals surface area contributed by atoms with Gasteiger partial charge in [-0.25, -0.2) is 0 Å². The Labute approximate surface area is 145 Å². The van der Waals surface area contributed by atoms with Gasteiger partial charge < -0.3 is 4.90 Å². The molecule has 0 spiro atoms. The van der Waals surface area contributed by atoms with Gasteiger partial charge in [0.2, 0.25) is 0 Å². The number of hydrogen-bond donors (Lipinski definition) is 0. The molecule has 3 aromatic carbocycles. The number of benzene rings is 3. The van der Waals surface area contributed by atoms with Crippen LogP contribution in [0, 0.1) is 5.92 Å². The molecule has 3 rings (SSSR count). The fourth-order valence-electron chi connectivity index (χ4n) is 3.34. The predicted molar refractivity (Wildman–Crippen MR) is 104 cm³/mol. The highest BCUT2D eigenvalue weighted by Gasteiger charge is 2.38. The first-order chi connectivity index (χ1) is 11.6. The van der Waals surface area contributed by atoms with Gasteiger partial charge in [-0.3, -0.25) is 0 Å². The largest absolute Gasteiger partial charge is 0.331 e. The maximum atomic E-state index is 2.47. The van der Waals surface area contributed by atoms with Crippen LogP contribution in [0.5, 0.6) is 0 Å². The molecule has 0 bridgehead atoms. The molecule has 0 aliphatic rings. The normalized spacial score (nSPS) is 13.5. The van der Waals surface area contributed by atoms with E-state index >= 15 is 0 Å². The zero-order valence-electron chi connectivity index (χ0n) is 14.7. The first-order valence-corrected chi connectivity index (χ1v) is 8.60. The molecular formula is C23H25N. The summed E-state index contributed by atoms with van der Waals surface area (Å²) in [5, 5.41) is 0. The van der Waals surface area contributed by atoms with Crippen LogP contribution in [0.15, 0.2) is 91.0 Å². The summed E-state index contributed by atoms with van der Waals surface area (Å²) in [7, 11) is 0. The van der Waals surface area contributed by atoms with Gasteiger partial charge in [0.05, 0.1) is 5.54 Å². The molecule has 0 fully saturated rings. The van der Waals surface area contributed by atoms with Crippen LogP contribution in [0.1, 0.15) is 26.3 Å². The number of anilines is 2. The monoisotopic (exact) mass is 315 g/mol. The van der Waals surface area contributed by atoms with Gasteiger partial charge in [-0.2, -0.15) is 0 Å². The molecule has 0 saturated heterocycles. The third-order valence-electron chi connectivity index (χ3n) is 4.98. The van der Waals surface area contributed by atoms with Gasteiger partial charge in [-0.05, 0) is 42.7 Å². The summed E-state index contributed by atoms with van der Waals surface area (Å²) in [4.78, 5) is 2.47. The highest BCUT2D eigenvalue weighted by atomic mass is 15.2. The summed E-state index contributed by atoms with van der Waals surface area (Å²) >= 11 is 0. The maximum Gasteiger partial charge on any atom is 0.0697 e. The van der Waals surface area contributed by atoms with Crippen LogP contribution in [0.25, 0.3) is 0 Å². The molecule has 0 aliphatic heterocycles. The van der Waals surface area contributed by atoms with E-state index in [1.165, 1.54) is 16.9 Å². The van der Waals surface area contributed by atoms with Crippen LogP contribution in [-0.4, -0.2) is 0 Å². The Morgan fingerprint density at radius 1 is 0.625 bits per heavy atom. The van der Waals surface area contributed by atoms with Crippen molar-refractivity contribution in [3.8, 4) is 0 Å². The second-order valence-electron chi connectivity index (χ2n) is 6.67. The number of para-hydroxylation sites is 2. The van der Waals surface area contributed by atoms with Gasteiger partial charge in [-0.1, -0.05) is 80.6 Å². The number of hydrogen-bond acceptors (Lipinski definition) is 1. The molecule has 0 aliphatic carbocycles. The van der Waals surface area contributed by atoms with Gasteiger partial charge in [0.15, 0.2) is 0 Å². The van der Waals surface area contributed by atoms with Crippen molar-refractivity contribution in [2.75, 3.05) is 4.90 Å². The van der Waals surface area contributed by atoms with Gasteiger partial charge in [0.1, 0.15) is 0 Å². The quantitative estimate of drug-likeness (QED) is 0.527. The first kappa shape index (κ1) is 16.3. The van der Waals surface area contributed by atoms with Crippen LogP contribution >= 0.6 is 0 Å². The number of rotatable bonds is 5. The third kappa shape index (κ3) is 2.94. The molecule has 0 N–H and O–H groups in total. The second kappa shape index (κ2) is 6.92. The van der Waals surface area contributed by atoms with E-state index < -0.39 is 0 Å². The first-order valence-electron chi connectivity index (χ1n) is 8.60. The van der Waals surface area contributed by atoms with E-state index in [9.17, 15) is 0 Å². The van der Waals surface area contributed by atoms with Crippen molar-refractivity contribution in [3.05, 3.63) is 96.6 Å². The smallest absolute Gasteiger partial charge is 0.0697 e. The van der Waals surface area contributed by atoms with Crippen molar-refractivity contribution in [2.45, 2.75) is 26.3 Å². The minimum Gasteiger partial charge on any atom is -0.331 e. The summed E-state index contributed by atoms with van der Waals surface area (Å²) in [5.74, 6) is 0.431. The molecule has 1 unspecified atom stereocenters. The highest BCUT2D eigenvalue weighted by Crippen LogP contribution is 2.43. The SMILES string of the molecule is CC(C)C(C)(c1ccccc1)N(c1ccccc1)c1ccccc1. The summed E-state index contributed by atoms with van der Waals surface area (Å²) in [5.41, 5.74) is 3.60. The van der Waals surface area contributed by atoms with E-state index in [-0.39, 0.29) is 5.54 Å². The molecule has 0 radical (unpaired) electrons. The summed E-state index contributed by atoms with van der Waals surface area (Å²) < 4.78 is 0. The molecule has 1 nitrogen and oxygen atoms in total. The fraction of sp³-hybridized carbons (Fsp3) is 0.217.